The van der Waals surface area contributed by atoms with Crippen molar-refractivity contribution in [1.29, 1.82) is 0 Å². The number of primary amides is 1. The zero-order valence-electron chi connectivity index (χ0n) is 10.9. The van der Waals surface area contributed by atoms with Gasteiger partial charge in [-0.15, -0.1) is 0 Å². The topological polar surface area (TPSA) is 92.4 Å². The number of anilines is 2. The summed E-state index contributed by atoms with van der Waals surface area (Å²) in [5, 5.41) is 12.1. The minimum Gasteiger partial charge on any atom is -0.478 e. The molecule has 0 aliphatic carbocycles. The largest absolute Gasteiger partial charge is 0.478 e. The van der Waals surface area contributed by atoms with E-state index in [0.717, 1.165) is 16.9 Å². The Morgan fingerprint density at radius 1 is 1.05 bits per heavy atom. The van der Waals surface area contributed by atoms with Crippen LogP contribution in [0.1, 0.15) is 26.3 Å². The highest BCUT2D eigenvalue weighted by molar-refractivity contribution is 5.93. The predicted octanol–water partition coefficient (Wildman–Crippen LogP) is 2.54. The second-order valence-electron chi connectivity index (χ2n) is 4.40. The van der Waals surface area contributed by atoms with Crippen molar-refractivity contribution in [2.45, 2.75) is 6.92 Å². The third-order valence-corrected chi connectivity index (χ3v) is 2.92. The summed E-state index contributed by atoms with van der Waals surface area (Å²) in [4.78, 5) is 21.8. The van der Waals surface area contributed by atoms with Gasteiger partial charge in [-0.2, -0.15) is 0 Å². The van der Waals surface area contributed by atoms with Gasteiger partial charge in [0.1, 0.15) is 0 Å². The number of carboxylic acid groups (broad SMARTS) is 1. The first kappa shape index (κ1) is 13.6. The van der Waals surface area contributed by atoms with E-state index in [4.69, 9.17) is 10.8 Å². The Bertz CT molecular complexity index is 663. The van der Waals surface area contributed by atoms with Crippen LogP contribution in [-0.4, -0.2) is 17.0 Å². The van der Waals surface area contributed by atoms with Crippen molar-refractivity contribution < 1.29 is 14.7 Å². The fraction of sp³-hybridized carbons (Fsp3) is 0.0667. The van der Waals surface area contributed by atoms with E-state index in [1.807, 2.05) is 6.92 Å². The lowest BCUT2D eigenvalue weighted by Crippen LogP contribution is -2.10. The van der Waals surface area contributed by atoms with Crippen LogP contribution in [0.25, 0.3) is 0 Å². The zero-order chi connectivity index (χ0) is 14.7. The molecule has 0 aromatic heterocycles. The van der Waals surface area contributed by atoms with Gasteiger partial charge >= 0.3 is 5.97 Å². The van der Waals surface area contributed by atoms with E-state index in [1.165, 1.54) is 6.07 Å². The molecule has 2 aromatic carbocycles. The number of carbonyl (C=O) groups excluding carboxylic acids is 1. The molecule has 0 aliphatic rings. The van der Waals surface area contributed by atoms with Crippen molar-refractivity contribution >= 4 is 23.3 Å². The highest BCUT2D eigenvalue weighted by Gasteiger charge is 2.06. The van der Waals surface area contributed by atoms with Gasteiger partial charge in [0.15, 0.2) is 0 Å². The molecule has 0 saturated carbocycles. The van der Waals surface area contributed by atoms with E-state index in [2.05, 4.69) is 5.32 Å². The maximum atomic E-state index is 11.0. The number of hydrogen-bond acceptors (Lipinski definition) is 3. The molecule has 5 nitrogen and oxygen atoms in total. The first-order valence-corrected chi connectivity index (χ1v) is 5.98. The minimum atomic E-state index is -0.953. The molecule has 20 heavy (non-hydrogen) atoms. The summed E-state index contributed by atoms with van der Waals surface area (Å²) in [5.41, 5.74) is 8.28. The van der Waals surface area contributed by atoms with E-state index in [-0.39, 0.29) is 5.56 Å². The first-order chi connectivity index (χ1) is 9.47. The Morgan fingerprint density at radius 2 is 1.65 bits per heavy atom. The van der Waals surface area contributed by atoms with Gasteiger partial charge in [-0.05, 0) is 55.0 Å². The normalized spacial score (nSPS) is 10.1. The molecule has 1 amide bonds. The number of hydrogen-bond donors (Lipinski definition) is 3. The van der Waals surface area contributed by atoms with Gasteiger partial charge in [0.05, 0.1) is 5.56 Å². The molecular formula is C15H14N2O3. The summed E-state index contributed by atoms with van der Waals surface area (Å²) >= 11 is 0. The summed E-state index contributed by atoms with van der Waals surface area (Å²) in [6.07, 6.45) is 0. The molecule has 0 heterocycles. The lowest BCUT2D eigenvalue weighted by molar-refractivity contribution is 0.0696. The van der Waals surface area contributed by atoms with Gasteiger partial charge < -0.3 is 16.2 Å². The second-order valence-corrected chi connectivity index (χ2v) is 4.40. The Kier molecular flexibility index (Phi) is 3.70. The van der Waals surface area contributed by atoms with Gasteiger partial charge in [0.25, 0.3) is 0 Å². The molecular weight excluding hydrogens is 256 g/mol. The molecule has 4 N–H and O–H groups in total. The average molecular weight is 270 g/mol. The molecule has 2 aromatic rings. The summed E-state index contributed by atoms with van der Waals surface area (Å²) < 4.78 is 0. The van der Waals surface area contributed by atoms with Gasteiger partial charge in [-0.3, -0.25) is 4.79 Å². The number of nitrogens with two attached hydrogens (primary N) is 1. The number of carbonyl (C=O) groups is 2. The van der Waals surface area contributed by atoms with E-state index < -0.39 is 11.9 Å². The molecule has 0 spiro atoms. The van der Waals surface area contributed by atoms with E-state index >= 15 is 0 Å². The van der Waals surface area contributed by atoms with Crippen molar-refractivity contribution in [3.05, 3.63) is 59.2 Å². The van der Waals surface area contributed by atoms with Gasteiger partial charge in [-0.25, -0.2) is 4.79 Å². The fourth-order valence-electron chi connectivity index (χ4n) is 1.81. The number of rotatable bonds is 4. The van der Waals surface area contributed by atoms with Gasteiger partial charge in [-0.1, -0.05) is 0 Å². The van der Waals surface area contributed by atoms with Crippen LogP contribution in [0, 0.1) is 6.92 Å². The van der Waals surface area contributed by atoms with Crippen molar-refractivity contribution in [2.75, 3.05) is 5.32 Å². The van der Waals surface area contributed by atoms with Crippen LogP contribution in [0.2, 0.25) is 0 Å². The van der Waals surface area contributed by atoms with E-state index in [1.54, 1.807) is 36.4 Å². The molecule has 0 bridgehead atoms. The van der Waals surface area contributed by atoms with E-state index in [9.17, 15) is 9.59 Å². The SMILES string of the molecule is Cc1cc(C(=O)O)ccc1Nc1ccc(C(N)=O)cc1. The van der Waals surface area contributed by atoms with Crippen LogP contribution in [0.4, 0.5) is 11.4 Å². The summed E-state index contributed by atoms with van der Waals surface area (Å²) in [6.45, 7) is 1.83. The molecule has 2 rings (SSSR count). The Balaban J connectivity index is 2.21. The third kappa shape index (κ3) is 2.95. The first-order valence-electron chi connectivity index (χ1n) is 5.98. The molecule has 5 heteroatoms. The highest BCUT2D eigenvalue weighted by atomic mass is 16.4. The number of nitrogens with one attached hydrogen (secondary N) is 1. The Labute approximate surface area is 116 Å². The molecule has 0 fully saturated rings. The molecule has 0 aliphatic heterocycles. The monoisotopic (exact) mass is 270 g/mol. The maximum absolute atomic E-state index is 11.0. The van der Waals surface area contributed by atoms with Crippen molar-refractivity contribution in [2.24, 2.45) is 5.73 Å². The van der Waals surface area contributed by atoms with Crippen LogP contribution in [0.15, 0.2) is 42.5 Å². The predicted molar refractivity (Wildman–Crippen MR) is 76.4 cm³/mol. The number of aryl methyl sites for hydroxylation is 1. The maximum Gasteiger partial charge on any atom is 0.335 e. The Morgan fingerprint density at radius 3 is 2.15 bits per heavy atom. The quantitative estimate of drug-likeness (QED) is 0.796. The van der Waals surface area contributed by atoms with Crippen LogP contribution < -0.4 is 11.1 Å². The standard InChI is InChI=1S/C15H14N2O3/c1-9-8-11(15(19)20)4-7-13(9)17-12-5-2-10(3-6-12)14(16)18/h2-8,17H,1H3,(H2,16,18)(H,19,20). The van der Waals surface area contributed by atoms with Gasteiger partial charge in [0.2, 0.25) is 5.91 Å². The van der Waals surface area contributed by atoms with Crippen LogP contribution in [-0.2, 0) is 0 Å². The van der Waals surface area contributed by atoms with Crippen LogP contribution >= 0.6 is 0 Å². The van der Waals surface area contributed by atoms with Crippen molar-refractivity contribution in [3.8, 4) is 0 Å². The Hall–Kier alpha value is -2.82. The molecule has 0 saturated heterocycles. The van der Waals surface area contributed by atoms with Crippen molar-refractivity contribution in [3.63, 3.8) is 0 Å². The van der Waals surface area contributed by atoms with Crippen LogP contribution in [0.5, 0.6) is 0 Å². The fourth-order valence-corrected chi connectivity index (χ4v) is 1.81. The third-order valence-electron chi connectivity index (χ3n) is 2.92. The summed E-state index contributed by atoms with van der Waals surface area (Å²) in [5.74, 6) is -1.43. The molecule has 0 atom stereocenters. The second kappa shape index (κ2) is 5.44. The lowest BCUT2D eigenvalue weighted by Gasteiger charge is -2.10. The minimum absolute atomic E-state index is 0.247. The van der Waals surface area contributed by atoms with Gasteiger partial charge in [0, 0.05) is 16.9 Å². The summed E-state index contributed by atoms with van der Waals surface area (Å²) in [7, 11) is 0. The van der Waals surface area contributed by atoms with Crippen LogP contribution in [0.3, 0.4) is 0 Å². The molecule has 0 unspecified atom stereocenters. The van der Waals surface area contributed by atoms with E-state index in [0.29, 0.717) is 5.56 Å². The number of aromatic carboxylic acids is 1. The average Bonchev–Trinajstić information content (AvgIpc) is 2.41. The number of amides is 1. The smallest absolute Gasteiger partial charge is 0.335 e. The number of carboxylic acids is 1. The molecule has 0 radical (unpaired) electrons. The lowest BCUT2D eigenvalue weighted by atomic mass is 10.1. The molecule has 102 valence electrons. The zero-order valence-corrected chi connectivity index (χ0v) is 10.9. The van der Waals surface area contributed by atoms with Crippen molar-refractivity contribution in [1.82, 2.24) is 0 Å². The highest BCUT2D eigenvalue weighted by Crippen LogP contribution is 2.22. The number of benzene rings is 2. The summed E-state index contributed by atoms with van der Waals surface area (Å²) in [6, 6.07) is 11.6.